The number of rotatable bonds is 5. The summed E-state index contributed by atoms with van der Waals surface area (Å²) >= 11 is 0. The molecule has 0 rings (SSSR count). The molecule has 0 atom stereocenters. The molecule has 4 nitrogen and oxygen atoms in total. The lowest BCUT2D eigenvalue weighted by molar-refractivity contribution is -0.132. The van der Waals surface area contributed by atoms with Crippen molar-refractivity contribution >= 4 is 5.91 Å². The van der Waals surface area contributed by atoms with Crippen molar-refractivity contribution in [2.24, 2.45) is 16.6 Å². The van der Waals surface area contributed by atoms with Gasteiger partial charge in [-0.15, -0.1) is 0 Å². The summed E-state index contributed by atoms with van der Waals surface area (Å²) in [5.74, 6) is -0.0819. The van der Waals surface area contributed by atoms with Gasteiger partial charge >= 0.3 is 0 Å². The molecule has 0 bridgehead atoms. The van der Waals surface area contributed by atoms with Crippen LogP contribution in [0.5, 0.6) is 0 Å². The maximum absolute atomic E-state index is 12.0. The minimum absolute atomic E-state index is 0.0414. The summed E-state index contributed by atoms with van der Waals surface area (Å²) < 4.78 is 0. The molecule has 16 heavy (non-hydrogen) atoms. The van der Waals surface area contributed by atoms with Gasteiger partial charge in [0.25, 0.3) is 0 Å². The first kappa shape index (κ1) is 15.4. The molecule has 0 radical (unpaired) electrons. The van der Waals surface area contributed by atoms with Gasteiger partial charge in [-0.3, -0.25) is 4.79 Å². The molecular formula is C12H26N2O2. The highest BCUT2D eigenvalue weighted by Gasteiger charge is 2.40. The summed E-state index contributed by atoms with van der Waals surface area (Å²) in [7, 11) is 0. The molecule has 4 heteroatoms. The molecule has 0 aromatic rings. The van der Waals surface area contributed by atoms with Crippen LogP contribution in [0.3, 0.4) is 0 Å². The van der Waals surface area contributed by atoms with E-state index in [-0.39, 0.29) is 17.9 Å². The van der Waals surface area contributed by atoms with Gasteiger partial charge in [-0.1, -0.05) is 13.8 Å². The van der Waals surface area contributed by atoms with Crippen LogP contribution in [-0.2, 0) is 4.79 Å². The molecule has 0 aliphatic heterocycles. The lowest BCUT2D eigenvalue weighted by Gasteiger charge is -2.37. The third-order valence-corrected chi connectivity index (χ3v) is 3.33. The zero-order valence-corrected chi connectivity index (χ0v) is 11.3. The van der Waals surface area contributed by atoms with Crippen LogP contribution >= 0.6 is 0 Å². The average molecular weight is 230 g/mol. The fourth-order valence-corrected chi connectivity index (χ4v) is 0.889. The predicted octanol–water partition coefficient (Wildman–Crippen LogP) is 0.885. The number of aliphatic hydroxyl groups excluding tert-OH is 1. The van der Waals surface area contributed by atoms with Gasteiger partial charge in [-0.2, -0.15) is 0 Å². The van der Waals surface area contributed by atoms with E-state index in [0.717, 1.165) is 0 Å². The molecule has 0 aromatic carbocycles. The Hall–Kier alpha value is -0.610. The zero-order valence-electron chi connectivity index (χ0n) is 11.3. The number of aliphatic hydroxyl groups is 1. The Morgan fingerprint density at radius 3 is 1.94 bits per heavy atom. The number of hydrogen-bond acceptors (Lipinski definition) is 3. The van der Waals surface area contributed by atoms with Crippen LogP contribution in [0.4, 0.5) is 0 Å². The summed E-state index contributed by atoms with van der Waals surface area (Å²) in [6.45, 7) is 11.6. The van der Waals surface area contributed by atoms with Gasteiger partial charge in [0, 0.05) is 24.1 Å². The van der Waals surface area contributed by atoms with E-state index in [1.807, 2.05) is 41.5 Å². The van der Waals surface area contributed by atoms with E-state index < -0.39 is 11.0 Å². The second kappa shape index (κ2) is 4.72. The van der Waals surface area contributed by atoms with Crippen LogP contribution in [0, 0.1) is 10.8 Å². The van der Waals surface area contributed by atoms with E-state index in [1.54, 1.807) is 0 Å². The highest BCUT2D eigenvalue weighted by atomic mass is 16.3. The minimum atomic E-state index is -0.640. The molecule has 0 fully saturated rings. The monoisotopic (exact) mass is 230 g/mol. The Bertz CT molecular complexity index is 252. The van der Waals surface area contributed by atoms with E-state index in [1.165, 1.54) is 0 Å². The predicted molar refractivity (Wildman–Crippen MR) is 65.9 cm³/mol. The van der Waals surface area contributed by atoms with E-state index >= 15 is 0 Å². The smallest absolute Gasteiger partial charge is 0.227 e. The SMILES string of the molecule is CC(C)(CO)CNC(=O)C(C)(C)C(C)(C)N. The van der Waals surface area contributed by atoms with Gasteiger partial charge in [0.05, 0.1) is 5.41 Å². The topological polar surface area (TPSA) is 75.3 Å². The molecule has 96 valence electrons. The minimum Gasteiger partial charge on any atom is -0.396 e. The van der Waals surface area contributed by atoms with Crippen molar-refractivity contribution in [1.82, 2.24) is 5.32 Å². The van der Waals surface area contributed by atoms with Crippen molar-refractivity contribution in [2.45, 2.75) is 47.1 Å². The second-order valence-electron chi connectivity index (χ2n) is 6.35. The summed E-state index contributed by atoms with van der Waals surface area (Å²) in [6, 6.07) is 0. The zero-order chi connectivity index (χ0) is 13.2. The Morgan fingerprint density at radius 1 is 1.19 bits per heavy atom. The number of carbonyl (C=O) groups is 1. The fourth-order valence-electron chi connectivity index (χ4n) is 0.889. The van der Waals surface area contributed by atoms with Crippen LogP contribution in [0.2, 0.25) is 0 Å². The van der Waals surface area contributed by atoms with Crippen LogP contribution in [0.1, 0.15) is 41.5 Å². The van der Waals surface area contributed by atoms with Gasteiger partial charge in [-0.25, -0.2) is 0 Å². The fraction of sp³-hybridized carbons (Fsp3) is 0.917. The molecule has 1 amide bonds. The van der Waals surface area contributed by atoms with Gasteiger partial charge in [-0.05, 0) is 27.7 Å². The molecule has 0 aliphatic carbocycles. The average Bonchev–Trinajstić information content (AvgIpc) is 2.12. The van der Waals surface area contributed by atoms with Crippen molar-refractivity contribution in [1.29, 1.82) is 0 Å². The summed E-state index contributed by atoms with van der Waals surface area (Å²) in [5.41, 5.74) is 4.45. The first-order chi connectivity index (χ1) is 6.94. The lowest BCUT2D eigenvalue weighted by atomic mass is 9.74. The number of carbonyl (C=O) groups excluding carboxylic acids is 1. The molecule has 0 aliphatic rings. The third-order valence-electron chi connectivity index (χ3n) is 3.33. The van der Waals surface area contributed by atoms with Crippen LogP contribution in [0.25, 0.3) is 0 Å². The Morgan fingerprint density at radius 2 is 1.62 bits per heavy atom. The lowest BCUT2D eigenvalue weighted by Crippen LogP contribution is -2.56. The molecule has 0 unspecified atom stereocenters. The maximum atomic E-state index is 12.0. The van der Waals surface area contributed by atoms with Crippen molar-refractivity contribution < 1.29 is 9.90 Å². The van der Waals surface area contributed by atoms with Crippen LogP contribution < -0.4 is 11.1 Å². The van der Waals surface area contributed by atoms with Crippen molar-refractivity contribution in [3.05, 3.63) is 0 Å². The summed E-state index contributed by atoms with van der Waals surface area (Å²) in [4.78, 5) is 12.0. The maximum Gasteiger partial charge on any atom is 0.227 e. The number of nitrogens with two attached hydrogens (primary N) is 1. The number of hydrogen-bond donors (Lipinski definition) is 3. The molecule has 0 spiro atoms. The van der Waals surface area contributed by atoms with E-state index in [4.69, 9.17) is 10.8 Å². The van der Waals surface area contributed by atoms with Gasteiger partial charge in [0.1, 0.15) is 0 Å². The molecular weight excluding hydrogens is 204 g/mol. The van der Waals surface area contributed by atoms with E-state index in [2.05, 4.69) is 5.32 Å². The van der Waals surface area contributed by atoms with Crippen LogP contribution in [0.15, 0.2) is 0 Å². The molecule has 0 aromatic heterocycles. The van der Waals surface area contributed by atoms with Crippen LogP contribution in [-0.4, -0.2) is 29.7 Å². The largest absolute Gasteiger partial charge is 0.396 e. The summed E-state index contributed by atoms with van der Waals surface area (Å²) in [6.07, 6.45) is 0. The quantitative estimate of drug-likeness (QED) is 0.656. The molecule has 0 saturated heterocycles. The van der Waals surface area contributed by atoms with Gasteiger partial charge in [0.2, 0.25) is 5.91 Å². The normalized spacial score (nSPS) is 13.8. The highest BCUT2D eigenvalue weighted by Crippen LogP contribution is 2.28. The van der Waals surface area contributed by atoms with E-state index in [9.17, 15) is 4.79 Å². The Labute approximate surface area is 98.6 Å². The van der Waals surface area contributed by atoms with Gasteiger partial charge in [0.15, 0.2) is 0 Å². The highest BCUT2D eigenvalue weighted by molar-refractivity contribution is 5.83. The Kier molecular flexibility index (Phi) is 4.54. The second-order valence-corrected chi connectivity index (χ2v) is 6.35. The van der Waals surface area contributed by atoms with Crippen molar-refractivity contribution in [3.63, 3.8) is 0 Å². The van der Waals surface area contributed by atoms with E-state index in [0.29, 0.717) is 6.54 Å². The van der Waals surface area contributed by atoms with Crippen molar-refractivity contribution in [3.8, 4) is 0 Å². The Balaban J connectivity index is 4.50. The standard InChI is InChI=1S/C12H26N2O2/c1-10(2,8-15)7-14-9(16)11(3,4)12(5,6)13/h15H,7-8,13H2,1-6H3,(H,14,16). The molecule has 4 N–H and O–H groups in total. The third kappa shape index (κ3) is 3.76. The molecule has 0 heterocycles. The first-order valence-corrected chi connectivity index (χ1v) is 5.62. The first-order valence-electron chi connectivity index (χ1n) is 5.62. The van der Waals surface area contributed by atoms with Crippen molar-refractivity contribution in [2.75, 3.05) is 13.2 Å². The number of nitrogens with one attached hydrogen (secondary N) is 1. The molecule has 0 saturated carbocycles. The number of amides is 1. The summed E-state index contributed by atoms with van der Waals surface area (Å²) in [5, 5.41) is 11.9. The van der Waals surface area contributed by atoms with Gasteiger partial charge < -0.3 is 16.2 Å².